The molecular formula is C65H41N. The second-order valence-electron chi connectivity index (χ2n) is 17.3. The van der Waals surface area contributed by atoms with E-state index in [2.05, 4.69) is 243 Å². The van der Waals surface area contributed by atoms with E-state index in [4.69, 9.17) is 4.98 Å². The highest BCUT2D eigenvalue weighted by Crippen LogP contribution is 2.48. The number of hydrogen-bond acceptors (Lipinski definition) is 1. The summed E-state index contributed by atoms with van der Waals surface area (Å²) in [7, 11) is 0. The molecule has 0 aliphatic carbocycles. The van der Waals surface area contributed by atoms with Crippen LogP contribution in [0.4, 0.5) is 0 Å². The number of pyridine rings is 1. The Balaban J connectivity index is 0.955. The second kappa shape index (κ2) is 15.6. The molecule has 66 heavy (non-hydrogen) atoms. The second-order valence-corrected chi connectivity index (χ2v) is 17.3. The van der Waals surface area contributed by atoms with Crippen LogP contribution >= 0.6 is 0 Å². The molecular weight excluding hydrogens is 795 g/mol. The summed E-state index contributed by atoms with van der Waals surface area (Å²) in [5.41, 5.74) is 15.6. The SMILES string of the molecule is c1ccc(-c2c3ccccc3c(-c3ccc(-c4c5ccccc5c(-c5ccc(-c6c7ccccc7c(-c7ccccc7)c7ccccc67)cc5)c5ncccc45)cc3)c3ccccc23)cc1. The summed E-state index contributed by atoms with van der Waals surface area (Å²) in [5.74, 6) is 0. The van der Waals surface area contributed by atoms with Crippen molar-refractivity contribution in [1.82, 2.24) is 4.98 Å². The Kier molecular flexibility index (Phi) is 8.92. The molecule has 0 aliphatic rings. The van der Waals surface area contributed by atoms with Gasteiger partial charge in [-0.1, -0.05) is 237 Å². The maximum Gasteiger partial charge on any atom is 0.0792 e. The van der Waals surface area contributed by atoms with Gasteiger partial charge in [0.2, 0.25) is 0 Å². The van der Waals surface area contributed by atoms with Gasteiger partial charge in [0.05, 0.1) is 5.52 Å². The lowest BCUT2D eigenvalue weighted by Crippen LogP contribution is -1.94. The predicted octanol–water partition coefficient (Wildman–Crippen LogP) is 18.0. The molecule has 0 saturated heterocycles. The van der Waals surface area contributed by atoms with Gasteiger partial charge in [0, 0.05) is 17.1 Å². The summed E-state index contributed by atoms with van der Waals surface area (Å²) < 4.78 is 0. The Hall–Kier alpha value is -8.65. The van der Waals surface area contributed by atoms with E-state index in [9.17, 15) is 0 Å². The molecule has 0 fully saturated rings. The van der Waals surface area contributed by atoms with Crippen molar-refractivity contribution in [2.75, 3.05) is 0 Å². The molecule has 0 N–H and O–H groups in total. The number of nitrogens with zero attached hydrogens (tertiary/aromatic N) is 1. The number of benzene rings is 12. The van der Waals surface area contributed by atoms with Crippen LogP contribution in [0.3, 0.4) is 0 Å². The molecule has 0 unspecified atom stereocenters. The first-order valence-electron chi connectivity index (χ1n) is 22.8. The van der Waals surface area contributed by atoms with Crippen molar-refractivity contribution < 1.29 is 0 Å². The standard InChI is InChI=1S/C65H41N/c1-3-18-42(19-4-1)59-48-22-7-11-26-52(48)61(53-27-12-8-23-49(53)59)44-33-35-46(36-34-44)63-56-30-15-16-31-57(56)64(65-58(63)32-17-41-66-65)47-39-37-45(38-40-47)62-54-28-13-9-24-50(54)60(43-20-5-2-6-21-43)51-25-10-14-29-55(51)62/h1-41H. The average Bonchev–Trinajstić information content (AvgIpc) is 3.39. The molecule has 12 aromatic carbocycles. The average molecular weight is 836 g/mol. The van der Waals surface area contributed by atoms with Crippen LogP contribution in [0.5, 0.6) is 0 Å². The van der Waals surface area contributed by atoms with Gasteiger partial charge in [-0.05, 0) is 121 Å². The number of fused-ring (bicyclic) bond motifs is 6. The van der Waals surface area contributed by atoms with Crippen molar-refractivity contribution in [3.63, 3.8) is 0 Å². The molecule has 306 valence electrons. The van der Waals surface area contributed by atoms with Gasteiger partial charge < -0.3 is 0 Å². The topological polar surface area (TPSA) is 12.9 Å². The molecule has 1 heteroatoms. The maximum absolute atomic E-state index is 5.16. The first kappa shape index (κ1) is 37.9. The zero-order chi connectivity index (χ0) is 43.6. The molecule has 0 bridgehead atoms. The van der Waals surface area contributed by atoms with Gasteiger partial charge in [0.1, 0.15) is 0 Å². The summed E-state index contributed by atoms with van der Waals surface area (Å²) in [6, 6.07) is 88.7. The van der Waals surface area contributed by atoms with Crippen LogP contribution in [-0.2, 0) is 0 Å². The van der Waals surface area contributed by atoms with Crippen molar-refractivity contribution >= 4 is 64.8 Å². The van der Waals surface area contributed by atoms with Gasteiger partial charge in [-0.15, -0.1) is 0 Å². The van der Waals surface area contributed by atoms with Crippen molar-refractivity contribution in [3.05, 3.63) is 249 Å². The maximum atomic E-state index is 5.16. The highest BCUT2D eigenvalue weighted by Gasteiger charge is 2.21. The fourth-order valence-electron chi connectivity index (χ4n) is 10.9. The molecule has 0 amide bonds. The highest BCUT2D eigenvalue weighted by atomic mass is 14.7. The first-order chi connectivity index (χ1) is 32.8. The summed E-state index contributed by atoms with van der Waals surface area (Å²) in [4.78, 5) is 5.16. The Bertz CT molecular complexity index is 3570. The molecule has 0 aliphatic heterocycles. The van der Waals surface area contributed by atoms with Gasteiger partial charge in [-0.25, -0.2) is 0 Å². The van der Waals surface area contributed by atoms with Crippen molar-refractivity contribution in [3.8, 4) is 66.8 Å². The number of rotatable bonds is 6. The summed E-state index contributed by atoms with van der Waals surface area (Å²) in [6.07, 6.45) is 1.93. The summed E-state index contributed by atoms with van der Waals surface area (Å²) >= 11 is 0. The first-order valence-corrected chi connectivity index (χ1v) is 22.8. The van der Waals surface area contributed by atoms with Crippen LogP contribution in [0.2, 0.25) is 0 Å². The third-order valence-electron chi connectivity index (χ3n) is 13.7. The van der Waals surface area contributed by atoms with E-state index in [0.717, 1.165) is 22.0 Å². The number of hydrogen-bond donors (Lipinski definition) is 0. The zero-order valence-electron chi connectivity index (χ0n) is 36.1. The molecule has 0 radical (unpaired) electrons. The molecule has 1 aromatic heterocycles. The van der Waals surface area contributed by atoms with E-state index in [1.165, 1.54) is 109 Å². The summed E-state index contributed by atoms with van der Waals surface area (Å²) in [6.45, 7) is 0. The molecule has 0 atom stereocenters. The number of aromatic nitrogens is 1. The highest BCUT2D eigenvalue weighted by molar-refractivity contribution is 6.24. The van der Waals surface area contributed by atoms with Crippen molar-refractivity contribution in [2.45, 2.75) is 0 Å². The van der Waals surface area contributed by atoms with Crippen LogP contribution in [0, 0.1) is 0 Å². The molecule has 1 heterocycles. The zero-order valence-corrected chi connectivity index (χ0v) is 36.1. The third-order valence-corrected chi connectivity index (χ3v) is 13.7. The van der Waals surface area contributed by atoms with E-state index in [1.807, 2.05) is 6.20 Å². The van der Waals surface area contributed by atoms with Crippen molar-refractivity contribution in [2.24, 2.45) is 0 Å². The smallest absolute Gasteiger partial charge is 0.0792 e. The lowest BCUT2D eigenvalue weighted by molar-refractivity contribution is 1.42. The third kappa shape index (κ3) is 5.98. The Labute approximate surface area is 383 Å². The predicted molar refractivity (Wildman–Crippen MR) is 282 cm³/mol. The van der Waals surface area contributed by atoms with Gasteiger partial charge >= 0.3 is 0 Å². The van der Waals surface area contributed by atoms with Gasteiger partial charge in [0.25, 0.3) is 0 Å². The van der Waals surface area contributed by atoms with Crippen molar-refractivity contribution in [1.29, 1.82) is 0 Å². The minimum Gasteiger partial charge on any atom is -0.256 e. The van der Waals surface area contributed by atoms with Crippen LogP contribution in [0.15, 0.2) is 249 Å². The lowest BCUT2D eigenvalue weighted by Gasteiger charge is -2.19. The summed E-state index contributed by atoms with van der Waals surface area (Å²) in [5, 5.41) is 13.6. The molecule has 0 saturated carbocycles. The quantitative estimate of drug-likeness (QED) is 0.152. The van der Waals surface area contributed by atoms with E-state index in [1.54, 1.807) is 0 Å². The van der Waals surface area contributed by atoms with E-state index < -0.39 is 0 Å². The minimum atomic E-state index is 1.000. The molecule has 1 nitrogen and oxygen atoms in total. The molecule has 0 spiro atoms. The van der Waals surface area contributed by atoms with Gasteiger partial charge in [-0.2, -0.15) is 0 Å². The van der Waals surface area contributed by atoms with E-state index in [-0.39, 0.29) is 0 Å². The Morgan fingerprint density at radius 1 is 0.167 bits per heavy atom. The van der Waals surface area contributed by atoms with Crippen LogP contribution in [-0.4, -0.2) is 4.98 Å². The van der Waals surface area contributed by atoms with E-state index >= 15 is 0 Å². The van der Waals surface area contributed by atoms with Crippen LogP contribution < -0.4 is 0 Å². The van der Waals surface area contributed by atoms with E-state index in [0.29, 0.717) is 0 Å². The molecule has 13 rings (SSSR count). The largest absolute Gasteiger partial charge is 0.256 e. The Morgan fingerprint density at radius 3 is 0.682 bits per heavy atom. The fraction of sp³-hybridized carbons (Fsp3) is 0. The minimum absolute atomic E-state index is 1.000. The van der Waals surface area contributed by atoms with Crippen LogP contribution in [0.1, 0.15) is 0 Å². The van der Waals surface area contributed by atoms with Gasteiger partial charge in [0.15, 0.2) is 0 Å². The Morgan fingerprint density at radius 2 is 0.379 bits per heavy atom. The molecule has 13 aromatic rings. The normalized spacial score (nSPS) is 11.6. The van der Waals surface area contributed by atoms with Gasteiger partial charge in [-0.3, -0.25) is 4.98 Å². The monoisotopic (exact) mass is 835 g/mol. The fourth-order valence-corrected chi connectivity index (χ4v) is 10.9. The lowest BCUT2D eigenvalue weighted by atomic mass is 9.84. The van der Waals surface area contributed by atoms with Crippen LogP contribution in [0.25, 0.3) is 132 Å².